The number of thiazole rings is 1. The number of hydrogen-bond donors (Lipinski definition) is 0. The molecule has 2 heterocycles. The van der Waals surface area contributed by atoms with Gasteiger partial charge in [-0.05, 0) is 67.4 Å². The van der Waals surface area contributed by atoms with Crippen molar-refractivity contribution in [1.82, 2.24) is 4.57 Å². The Hall–Kier alpha value is -3.85. The lowest BCUT2D eigenvalue weighted by atomic mass is 9.95. The standard InChI is InChI=1S/C32H29Cl2N3O4S/c1-5-40-31(39)28-19(2)35-32-37(29(28)21-9-12-24(13-10-21)36(3)4)30(38)27(42-32)16-20-6-14-25(15-7-20)41-18-22-8-11-23(33)17-26(22)34/h6-17,29H,5,18H2,1-4H3. The molecule has 0 aliphatic carbocycles. The highest BCUT2D eigenvalue weighted by Crippen LogP contribution is 2.31. The van der Waals surface area contributed by atoms with E-state index in [1.54, 1.807) is 30.5 Å². The molecule has 1 unspecified atom stereocenters. The first-order valence-electron chi connectivity index (χ1n) is 13.3. The van der Waals surface area contributed by atoms with Crippen molar-refractivity contribution in [3.05, 3.63) is 124 Å². The topological polar surface area (TPSA) is 73.1 Å². The number of ether oxygens (including phenoxy) is 2. The molecule has 1 atom stereocenters. The Morgan fingerprint density at radius 2 is 1.79 bits per heavy atom. The zero-order chi connectivity index (χ0) is 30.0. The van der Waals surface area contributed by atoms with Crippen LogP contribution in [0.25, 0.3) is 6.08 Å². The lowest BCUT2D eigenvalue weighted by Crippen LogP contribution is -2.39. The predicted molar refractivity (Wildman–Crippen MR) is 168 cm³/mol. The van der Waals surface area contributed by atoms with E-state index in [0.29, 0.717) is 43.0 Å². The van der Waals surface area contributed by atoms with Crippen LogP contribution in [0.1, 0.15) is 36.6 Å². The third kappa shape index (κ3) is 6.16. The van der Waals surface area contributed by atoms with Gasteiger partial charge in [-0.1, -0.05) is 64.9 Å². The second-order valence-corrected chi connectivity index (χ2v) is 11.7. The largest absolute Gasteiger partial charge is 0.489 e. The molecule has 216 valence electrons. The molecule has 10 heteroatoms. The van der Waals surface area contributed by atoms with Gasteiger partial charge in [0.2, 0.25) is 0 Å². The molecule has 0 N–H and O–H groups in total. The van der Waals surface area contributed by atoms with Gasteiger partial charge in [-0.25, -0.2) is 9.79 Å². The first-order valence-corrected chi connectivity index (χ1v) is 14.9. The van der Waals surface area contributed by atoms with Crippen molar-refractivity contribution < 1.29 is 14.3 Å². The van der Waals surface area contributed by atoms with E-state index in [1.807, 2.05) is 79.7 Å². The molecule has 4 aromatic rings. The number of anilines is 1. The summed E-state index contributed by atoms with van der Waals surface area (Å²) in [5.41, 5.74) is 4.12. The number of nitrogens with zero attached hydrogens (tertiary/aromatic N) is 3. The van der Waals surface area contributed by atoms with Crippen LogP contribution in [0.4, 0.5) is 5.69 Å². The summed E-state index contributed by atoms with van der Waals surface area (Å²) in [5.74, 6) is 0.181. The molecule has 0 saturated carbocycles. The fraction of sp³-hybridized carbons (Fsp3) is 0.219. The summed E-state index contributed by atoms with van der Waals surface area (Å²) in [4.78, 5) is 34.1. The van der Waals surface area contributed by atoms with Gasteiger partial charge in [-0.15, -0.1) is 0 Å². The minimum absolute atomic E-state index is 0.221. The first-order chi connectivity index (χ1) is 20.2. The van der Waals surface area contributed by atoms with E-state index in [-0.39, 0.29) is 12.2 Å². The molecule has 0 bridgehead atoms. The van der Waals surface area contributed by atoms with Crippen LogP contribution in [0.3, 0.4) is 0 Å². The van der Waals surface area contributed by atoms with E-state index in [4.69, 9.17) is 32.7 Å². The fourth-order valence-corrected chi connectivity index (χ4v) is 6.18. The lowest BCUT2D eigenvalue weighted by Gasteiger charge is -2.25. The minimum atomic E-state index is -0.658. The number of allylic oxidation sites excluding steroid dienone is 1. The van der Waals surface area contributed by atoms with Crippen LogP contribution in [-0.2, 0) is 16.1 Å². The number of rotatable bonds is 8. The van der Waals surface area contributed by atoms with E-state index in [0.717, 1.165) is 22.4 Å². The monoisotopic (exact) mass is 621 g/mol. The number of fused-ring (bicyclic) bond motifs is 1. The van der Waals surface area contributed by atoms with Crippen LogP contribution >= 0.6 is 34.5 Å². The Bertz CT molecular complexity index is 1840. The smallest absolute Gasteiger partial charge is 0.338 e. The molecule has 0 radical (unpaired) electrons. The zero-order valence-electron chi connectivity index (χ0n) is 23.6. The van der Waals surface area contributed by atoms with Crippen LogP contribution in [0.5, 0.6) is 5.75 Å². The molecule has 1 aliphatic heterocycles. The molecule has 3 aromatic carbocycles. The Morgan fingerprint density at radius 1 is 1.07 bits per heavy atom. The minimum Gasteiger partial charge on any atom is -0.489 e. The van der Waals surface area contributed by atoms with Gasteiger partial charge in [0, 0.05) is 35.4 Å². The highest BCUT2D eigenvalue weighted by molar-refractivity contribution is 7.07. The van der Waals surface area contributed by atoms with Gasteiger partial charge in [0.15, 0.2) is 4.80 Å². The lowest BCUT2D eigenvalue weighted by molar-refractivity contribution is -0.139. The number of esters is 1. The van der Waals surface area contributed by atoms with Crippen molar-refractivity contribution in [1.29, 1.82) is 0 Å². The predicted octanol–water partition coefficient (Wildman–Crippen LogP) is 5.75. The fourth-order valence-electron chi connectivity index (χ4n) is 4.67. The summed E-state index contributed by atoms with van der Waals surface area (Å²) in [6.07, 6.45) is 1.82. The maximum atomic E-state index is 13.8. The third-order valence-electron chi connectivity index (χ3n) is 6.83. The average Bonchev–Trinajstić information content (AvgIpc) is 3.26. The van der Waals surface area contributed by atoms with Gasteiger partial charge in [-0.3, -0.25) is 9.36 Å². The summed E-state index contributed by atoms with van der Waals surface area (Å²) in [5, 5.41) is 1.11. The summed E-state index contributed by atoms with van der Waals surface area (Å²) in [6.45, 7) is 4.05. The van der Waals surface area contributed by atoms with Crippen molar-refractivity contribution in [2.75, 3.05) is 25.6 Å². The van der Waals surface area contributed by atoms with E-state index in [9.17, 15) is 9.59 Å². The molecule has 1 aromatic heterocycles. The maximum Gasteiger partial charge on any atom is 0.338 e. The molecule has 7 nitrogen and oxygen atoms in total. The summed E-state index contributed by atoms with van der Waals surface area (Å²) in [7, 11) is 3.92. The van der Waals surface area contributed by atoms with Crippen molar-refractivity contribution in [3.8, 4) is 5.75 Å². The molecule has 42 heavy (non-hydrogen) atoms. The SMILES string of the molecule is CCOC(=O)C1=C(C)N=c2sc(=Cc3ccc(OCc4ccc(Cl)cc4Cl)cc3)c(=O)n2C1c1ccc(N(C)C)cc1. The maximum absolute atomic E-state index is 13.8. The van der Waals surface area contributed by atoms with Gasteiger partial charge in [0.1, 0.15) is 12.4 Å². The number of aromatic nitrogens is 1. The van der Waals surface area contributed by atoms with E-state index in [2.05, 4.69) is 4.99 Å². The summed E-state index contributed by atoms with van der Waals surface area (Å²) >= 11 is 13.5. The number of benzene rings is 3. The molecule has 1 aliphatic rings. The number of carbonyl (C=O) groups excluding carboxylic acids is 1. The highest BCUT2D eigenvalue weighted by atomic mass is 35.5. The number of carbonyl (C=O) groups is 1. The first kappa shape index (κ1) is 29.6. The van der Waals surface area contributed by atoms with Crippen LogP contribution in [0.2, 0.25) is 10.0 Å². The average molecular weight is 623 g/mol. The van der Waals surface area contributed by atoms with Crippen LogP contribution in [0, 0.1) is 0 Å². The van der Waals surface area contributed by atoms with E-state index in [1.165, 1.54) is 11.3 Å². The Morgan fingerprint density at radius 3 is 2.43 bits per heavy atom. The Labute approximate surface area is 257 Å². The second-order valence-electron chi connectivity index (χ2n) is 9.88. The van der Waals surface area contributed by atoms with Gasteiger partial charge < -0.3 is 14.4 Å². The number of hydrogen-bond acceptors (Lipinski definition) is 7. The molecular formula is C32H29Cl2N3O4S. The Kier molecular flexibility index (Phi) is 8.87. The molecule has 0 spiro atoms. The zero-order valence-corrected chi connectivity index (χ0v) is 25.9. The van der Waals surface area contributed by atoms with Crippen molar-refractivity contribution >= 4 is 52.3 Å². The van der Waals surface area contributed by atoms with Gasteiger partial charge in [-0.2, -0.15) is 0 Å². The second kappa shape index (κ2) is 12.6. The normalized spacial score (nSPS) is 14.8. The van der Waals surface area contributed by atoms with Crippen LogP contribution < -0.4 is 24.5 Å². The molecule has 0 fully saturated rings. The van der Waals surface area contributed by atoms with Crippen molar-refractivity contribution in [3.63, 3.8) is 0 Å². The van der Waals surface area contributed by atoms with Crippen LogP contribution in [-0.4, -0.2) is 31.2 Å². The van der Waals surface area contributed by atoms with Gasteiger partial charge >= 0.3 is 5.97 Å². The van der Waals surface area contributed by atoms with E-state index >= 15 is 0 Å². The number of halogens is 2. The highest BCUT2D eigenvalue weighted by Gasteiger charge is 2.33. The molecule has 0 saturated heterocycles. The van der Waals surface area contributed by atoms with E-state index < -0.39 is 12.0 Å². The third-order valence-corrected chi connectivity index (χ3v) is 8.40. The Balaban J connectivity index is 1.49. The molecular weight excluding hydrogens is 593 g/mol. The van der Waals surface area contributed by atoms with Crippen molar-refractivity contribution in [2.24, 2.45) is 4.99 Å². The molecule has 0 amide bonds. The van der Waals surface area contributed by atoms with Gasteiger partial charge in [0.25, 0.3) is 5.56 Å². The van der Waals surface area contributed by atoms with Crippen molar-refractivity contribution in [2.45, 2.75) is 26.5 Å². The van der Waals surface area contributed by atoms with Crippen LogP contribution in [0.15, 0.2) is 87.8 Å². The summed E-state index contributed by atoms with van der Waals surface area (Å²) in [6, 6.07) is 19.9. The molecule has 5 rings (SSSR count). The summed E-state index contributed by atoms with van der Waals surface area (Å²) < 4.78 is 13.4. The quantitative estimate of drug-likeness (QED) is 0.234. The van der Waals surface area contributed by atoms with Gasteiger partial charge in [0.05, 0.1) is 28.5 Å².